The van der Waals surface area contributed by atoms with Gasteiger partial charge in [-0.2, -0.15) is 5.10 Å². The third-order valence-electron chi connectivity index (χ3n) is 6.31. The summed E-state index contributed by atoms with van der Waals surface area (Å²) in [4.78, 5) is 15.1. The van der Waals surface area contributed by atoms with Crippen molar-refractivity contribution >= 4 is 67.3 Å². The fraction of sp³-hybridized carbons (Fsp3) is 0.385. The second-order valence-corrected chi connectivity index (χ2v) is 11.4. The van der Waals surface area contributed by atoms with Crippen LogP contribution >= 0.6 is 38.5 Å². The molecule has 0 radical (unpaired) electrons. The summed E-state index contributed by atoms with van der Waals surface area (Å²) in [7, 11) is 1.66. The summed E-state index contributed by atoms with van der Waals surface area (Å²) < 4.78 is 13.3. The van der Waals surface area contributed by atoms with Crippen molar-refractivity contribution in [2.45, 2.75) is 52.0 Å². The summed E-state index contributed by atoms with van der Waals surface area (Å²) in [6, 6.07) is 9.82. The molecule has 1 amide bonds. The minimum Gasteiger partial charge on any atom is -0.496 e. The number of anilines is 1. The molecule has 1 atom stereocenters. The van der Waals surface area contributed by atoms with E-state index in [4.69, 9.17) is 9.15 Å². The highest BCUT2D eigenvalue weighted by atomic mass is 127. The van der Waals surface area contributed by atoms with Gasteiger partial charge < -0.3 is 14.1 Å². The molecular weight excluding hydrogens is 609 g/mol. The lowest BCUT2D eigenvalue weighted by Gasteiger charge is -2.47. The molecule has 0 bridgehead atoms. The van der Waals surface area contributed by atoms with Crippen molar-refractivity contribution < 1.29 is 13.9 Å². The number of carbonyl (C=O) groups excluding carboxylic acids is 1. The number of hydrazone groups is 1. The predicted octanol–water partition coefficient (Wildman–Crippen LogP) is 7.07. The zero-order valence-corrected chi connectivity index (χ0v) is 23.8. The number of ether oxygens (including phenoxy) is 1. The Labute approximate surface area is 222 Å². The van der Waals surface area contributed by atoms with E-state index in [1.165, 1.54) is 11.3 Å². The van der Waals surface area contributed by atoms with Gasteiger partial charge in [0.15, 0.2) is 5.76 Å². The van der Waals surface area contributed by atoms with E-state index in [1.807, 2.05) is 12.1 Å². The molecule has 1 N–H and O–H groups in total. The van der Waals surface area contributed by atoms with Crippen LogP contribution in [0.5, 0.6) is 5.75 Å². The lowest BCUT2D eigenvalue weighted by molar-refractivity contribution is 0.0929. The van der Waals surface area contributed by atoms with Crippen LogP contribution < -0.4 is 15.1 Å². The third-order valence-corrected chi connectivity index (χ3v) is 7.57. The number of halogens is 2. The van der Waals surface area contributed by atoms with Gasteiger partial charge in [0, 0.05) is 39.3 Å². The van der Waals surface area contributed by atoms with E-state index in [2.05, 4.69) is 93.8 Å². The minimum atomic E-state index is -0.402. The van der Waals surface area contributed by atoms with Crippen molar-refractivity contribution in [2.24, 2.45) is 5.10 Å². The average molecular weight is 638 g/mol. The fourth-order valence-corrected chi connectivity index (χ4v) is 6.52. The van der Waals surface area contributed by atoms with Crippen molar-refractivity contribution in [3.8, 4) is 5.75 Å². The van der Waals surface area contributed by atoms with Crippen LogP contribution in [0.15, 0.2) is 44.3 Å². The summed E-state index contributed by atoms with van der Waals surface area (Å²) in [5.41, 5.74) is 6.67. The summed E-state index contributed by atoms with van der Waals surface area (Å²) >= 11 is 5.66. The van der Waals surface area contributed by atoms with Crippen molar-refractivity contribution in [3.05, 3.63) is 55.3 Å². The van der Waals surface area contributed by atoms with E-state index < -0.39 is 5.91 Å². The number of nitrogens with zero attached hydrogens (tertiary/aromatic N) is 2. The zero-order valence-electron chi connectivity index (χ0n) is 20.0. The van der Waals surface area contributed by atoms with E-state index >= 15 is 0 Å². The molecule has 0 spiro atoms. The van der Waals surface area contributed by atoms with Gasteiger partial charge in [-0.3, -0.25) is 4.79 Å². The lowest BCUT2D eigenvalue weighted by atomic mass is 9.79. The number of methoxy groups -OCH3 is 1. The van der Waals surface area contributed by atoms with Crippen LogP contribution in [0.1, 0.15) is 68.1 Å². The number of carbonyl (C=O) groups is 1. The Balaban J connectivity index is 1.59. The number of hydrogen-bond acceptors (Lipinski definition) is 5. The molecule has 180 valence electrons. The summed E-state index contributed by atoms with van der Waals surface area (Å²) in [6.07, 6.45) is 3.78. The Kier molecular flexibility index (Phi) is 7.28. The molecule has 1 aliphatic rings. The van der Waals surface area contributed by atoms with Gasteiger partial charge in [-0.05, 0) is 85.0 Å². The molecule has 2 aromatic carbocycles. The maximum Gasteiger partial charge on any atom is 0.307 e. The van der Waals surface area contributed by atoms with Gasteiger partial charge in [-0.1, -0.05) is 29.8 Å². The van der Waals surface area contributed by atoms with Crippen molar-refractivity contribution in [1.82, 2.24) is 5.43 Å². The molecule has 1 aliphatic heterocycles. The molecule has 1 aromatic heterocycles. The van der Waals surface area contributed by atoms with Gasteiger partial charge in [0.05, 0.1) is 16.9 Å². The molecule has 3 aromatic rings. The second kappa shape index (κ2) is 9.89. The van der Waals surface area contributed by atoms with E-state index in [0.29, 0.717) is 11.5 Å². The Morgan fingerprint density at radius 3 is 2.82 bits per heavy atom. The van der Waals surface area contributed by atoms with E-state index in [-0.39, 0.29) is 11.3 Å². The van der Waals surface area contributed by atoms with Crippen LogP contribution in [0.4, 0.5) is 5.69 Å². The maximum absolute atomic E-state index is 12.7. The summed E-state index contributed by atoms with van der Waals surface area (Å²) in [5.74, 6) is 0.946. The van der Waals surface area contributed by atoms with Crippen LogP contribution in [-0.4, -0.2) is 31.3 Å². The molecule has 6 nitrogen and oxygen atoms in total. The molecule has 0 saturated carbocycles. The number of furan rings is 1. The predicted molar refractivity (Wildman–Crippen MR) is 149 cm³/mol. The average Bonchev–Trinajstić information content (AvgIpc) is 3.20. The monoisotopic (exact) mass is 637 g/mol. The lowest BCUT2D eigenvalue weighted by Crippen LogP contribution is -2.48. The van der Waals surface area contributed by atoms with Gasteiger partial charge in [0.2, 0.25) is 0 Å². The Hall–Kier alpha value is -2.07. The first-order valence-electron chi connectivity index (χ1n) is 11.4. The molecule has 2 heterocycles. The van der Waals surface area contributed by atoms with Gasteiger partial charge in [0.1, 0.15) is 11.3 Å². The number of amides is 1. The molecular formula is C26H29BrIN3O3. The molecule has 0 fully saturated rings. The third kappa shape index (κ3) is 4.84. The summed E-state index contributed by atoms with van der Waals surface area (Å²) in [6.45, 7) is 10.1. The van der Waals surface area contributed by atoms with Gasteiger partial charge in [-0.15, -0.1) is 0 Å². The Bertz CT molecular complexity index is 1270. The first-order valence-corrected chi connectivity index (χ1v) is 13.2. The Morgan fingerprint density at radius 2 is 2.12 bits per heavy atom. The van der Waals surface area contributed by atoms with Crippen molar-refractivity contribution in [1.29, 1.82) is 0 Å². The zero-order chi connectivity index (χ0) is 24.6. The number of nitrogens with one attached hydrogen (secondary N) is 1. The summed E-state index contributed by atoms with van der Waals surface area (Å²) in [5, 5.41) is 5.06. The first-order chi connectivity index (χ1) is 16.1. The van der Waals surface area contributed by atoms with E-state index in [9.17, 15) is 4.79 Å². The fourth-order valence-electron chi connectivity index (χ4n) is 4.86. The number of rotatable bonds is 6. The first kappa shape index (κ1) is 25.0. The molecule has 0 aliphatic carbocycles. The van der Waals surface area contributed by atoms with Gasteiger partial charge in [-0.25, -0.2) is 5.43 Å². The standard InChI is InChI=1S/C26H29BrIN3O3/c1-6-7-31-21-12-22(33-5)17(9-19(21)15(2)13-26(31,3)4)14-29-30-25(32)23-10-16-8-18(27)11-20(28)24(16)34-23/h8-12,14-15H,6-7,13H2,1-5H3,(H,30,32)/b29-14-. The second-order valence-electron chi connectivity index (χ2n) is 9.34. The Morgan fingerprint density at radius 1 is 1.35 bits per heavy atom. The van der Waals surface area contributed by atoms with Gasteiger partial charge in [0.25, 0.3) is 0 Å². The van der Waals surface area contributed by atoms with Crippen LogP contribution in [-0.2, 0) is 0 Å². The molecule has 1 unspecified atom stereocenters. The molecule has 34 heavy (non-hydrogen) atoms. The largest absolute Gasteiger partial charge is 0.496 e. The van der Waals surface area contributed by atoms with Crippen LogP contribution in [0.3, 0.4) is 0 Å². The maximum atomic E-state index is 12.7. The normalized spacial score (nSPS) is 17.3. The highest BCUT2D eigenvalue weighted by Crippen LogP contribution is 2.45. The van der Waals surface area contributed by atoms with Crippen LogP contribution in [0.25, 0.3) is 11.0 Å². The molecule has 0 saturated heterocycles. The molecule has 8 heteroatoms. The highest BCUT2D eigenvalue weighted by Gasteiger charge is 2.36. The van der Waals surface area contributed by atoms with Crippen molar-refractivity contribution in [3.63, 3.8) is 0 Å². The van der Waals surface area contributed by atoms with Gasteiger partial charge >= 0.3 is 5.91 Å². The van der Waals surface area contributed by atoms with Crippen molar-refractivity contribution in [2.75, 3.05) is 18.6 Å². The van der Waals surface area contributed by atoms with E-state index in [1.54, 1.807) is 19.4 Å². The minimum absolute atomic E-state index is 0.0804. The number of hydrogen-bond donors (Lipinski definition) is 1. The smallest absolute Gasteiger partial charge is 0.307 e. The number of fused-ring (bicyclic) bond motifs is 2. The van der Waals surface area contributed by atoms with Crippen LogP contribution in [0, 0.1) is 3.57 Å². The molecule has 4 rings (SSSR count). The van der Waals surface area contributed by atoms with E-state index in [0.717, 1.165) is 44.1 Å². The highest BCUT2D eigenvalue weighted by molar-refractivity contribution is 14.1. The quantitative estimate of drug-likeness (QED) is 0.178. The number of benzene rings is 2. The van der Waals surface area contributed by atoms with Crippen LogP contribution in [0.2, 0.25) is 0 Å². The topological polar surface area (TPSA) is 67.1 Å². The SMILES string of the molecule is CCCN1c2cc(OC)c(/C=N\NC(=O)c3cc4cc(Br)cc(I)c4o3)cc2C(C)CC1(C)C.